The van der Waals surface area contributed by atoms with E-state index >= 15 is 0 Å². The molecule has 0 heterocycles. The fourth-order valence-corrected chi connectivity index (χ4v) is 0.579. The number of carbonyl (C=O) groups is 1. The van der Waals surface area contributed by atoms with E-state index in [1.165, 1.54) is 12.1 Å². The summed E-state index contributed by atoms with van der Waals surface area (Å²) in [7, 11) is 0. The Balaban J connectivity index is 3.38. The van der Waals surface area contributed by atoms with Crippen LogP contribution in [-0.4, -0.2) is 11.1 Å². The molecule has 0 aliphatic carbocycles. The maximum atomic E-state index is 10.5. The first-order valence-corrected chi connectivity index (χ1v) is 2.83. The van der Waals surface area contributed by atoms with Gasteiger partial charge in [-0.3, -0.25) is 0 Å². The summed E-state index contributed by atoms with van der Waals surface area (Å²) in [5.41, 5.74) is 0.496. The van der Waals surface area contributed by atoms with Crippen LogP contribution in [0.1, 0.15) is 18.7 Å². The Morgan fingerprint density at radius 2 is 2.10 bits per heavy atom. The largest absolute Gasteiger partial charge is 0.478 e. The summed E-state index contributed by atoms with van der Waals surface area (Å²) in [4.78, 5) is 10.5. The third kappa shape index (κ3) is 1.35. The van der Waals surface area contributed by atoms with Crippen molar-refractivity contribution in [1.82, 2.24) is 0 Å². The molecular formula is C8H8O2. The second-order valence-corrected chi connectivity index (χ2v) is 2.00. The average molecular weight is 138 g/mol. The lowest BCUT2D eigenvalue weighted by Crippen LogP contribution is -1.94. The van der Waals surface area contributed by atoms with Gasteiger partial charge in [-0.1, -0.05) is 17.7 Å². The summed E-state index contributed by atoms with van der Waals surface area (Å²) in [6, 6.07) is 2.66. The second kappa shape index (κ2) is 2.52. The third-order valence-electron chi connectivity index (χ3n) is 1.10. The quantitative estimate of drug-likeness (QED) is 0.641. The second-order valence-electron chi connectivity index (χ2n) is 2.00. The highest BCUT2D eigenvalue weighted by Gasteiger charge is 1.98. The minimum atomic E-state index is -1.22. The first-order chi connectivity index (χ1) is 5.52. The molecule has 0 aliphatic heterocycles. The summed E-state index contributed by atoms with van der Waals surface area (Å²) < 4.78 is 14.6. The van der Waals surface area contributed by atoms with E-state index in [0.29, 0.717) is 0 Å². The van der Waals surface area contributed by atoms with Crippen LogP contribution in [0.5, 0.6) is 0 Å². The van der Waals surface area contributed by atoms with Gasteiger partial charge < -0.3 is 5.11 Å². The van der Waals surface area contributed by atoms with Gasteiger partial charge in [0.2, 0.25) is 0 Å². The molecule has 0 fully saturated rings. The Hall–Kier alpha value is -1.31. The number of hydrogen-bond donors (Lipinski definition) is 1. The highest BCUT2D eigenvalue weighted by molar-refractivity contribution is 5.87. The van der Waals surface area contributed by atoms with Crippen LogP contribution in [0.3, 0.4) is 0 Å². The van der Waals surface area contributed by atoms with Gasteiger partial charge in [-0.25, -0.2) is 4.79 Å². The summed E-state index contributed by atoms with van der Waals surface area (Å²) in [5, 5.41) is 8.60. The maximum Gasteiger partial charge on any atom is 0.335 e. The van der Waals surface area contributed by atoms with Crippen LogP contribution in [-0.2, 0) is 0 Å². The molecule has 1 aromatic carbocycles. The molecule has 0 saturated carbocycles. The van der Waals surface area contributed by atoms with E-state index in [2.05, 4.69) is 0 Å². The molecule has 0 bridgehead atoms. The van der Waals surface area contributed by atoms with E-state index in [4.69, 9.17) is 7.85 Å². The van der Waals surface area contributed by atoms with Crippen LogP contribution in [0.4, 0.5) is 0 Å². The number of aromatic carboxylic acids is 1. The van der Waals surface area contributed by atoms with Crippen LogP contribution < -0.4 is 0 Å². The number of aryl methyl sites for hydroxylation is 1. The van der Waals surface area contributed by atoms with E-state index in [1.807, 2.05) is 0 Å². The van der Waals surface area contributed by atoms with Crippen molar-refractivity contribution in [2.75, 3.05) is 0 Å². The van der Waals surface area contributed by atoms with E-state index in [-0.39, 0.29) is 17.6 Å². The Bertz CT molecular complexity index is 311. The molecule has 0 amide bonds. The monoisotopic (exact) mass is 138 g/mol. The maximum absolute atomic E-state index is 10.5. The van der Waals surface area contributed by atoms with Crippen molar-refractivity contribution in [3.05, 3.63) is 35.3 Å². The van der Waals surface area contributed by atoms with Gasteiger partial charge in [0.05, 0.1) is 8.30 Å². The zero-order valence-corrected chi connectivity index (χ0v) is 5.51. The van der Waals surface area contributed by atoms with Gasteiger partial charge in [0.25, 0.3) is 0 Å². The van der Waals surface area contributed by atoms with Crippen molar-refractivity contribution in [2.24, 2.45) is 0 Å². The molecule has 10 heavy (non-hydrogen) atoms. The van der Waals surface area contributed by atoms with Crippen molar-refractivity contribution in [1.29, 1.82) is 0 Å². The van der Waals surface area contributed by atoms with Crippen LogP contribution in [0.25, 0.3) is 0 Å². The topological polar surface area (TPSA) is 37.3 Å². The normalized spacial score (nSPS) is 12.1. The van der Waals surface area contributed by atoms with Crippen molar-refractivity contribution >= 4 is 5.97 Å². The first-order valence-electron chi connectivity index (χ1n) is 3.83. The molecular weight excluding hydrogens is 128 g/mol. The zero-order chi connectivity index (χ0) is 9.30. The van der Waals surface area contributed by atoms with Crippen LogP contribution in [0.2, 0.25) is 0 Å². The summed E-state index contributed by atoms with van der Waals surface area (Å²) in [5.74, 6) is -1.22. The van der Waals surface area contributed by atoms with Crippen LogP contribution in [0.15, 0.2) is 24.2 Å². The van der Waals surface area contributed by atoms with Gasteiger partial charge in [-0.15, -0.1) is 0 Å². The molecule has 1 rings (SSSR count). The molecule has 0 aliphatic rings. The SMILES string of the molecule is [2H]c1cc(C)cc([2H])c1C(=O)O. The highest BCUT2D eigenvalue weighted by Crippen LogP contribution is 2.01. The third-order valence-corrected chi connectivity index (χ3v) is 1.10. The molecule has 0 spiro atoms. The van der Waals surface area contributed by atoms with Crippen LogP contribution >= 0.6 is 0 Å². The van der Waals surface area contributed by atoms with Crippen LogP contribution in [0, 0.1) is 6.92 Å². The van der Waals surface area contributed by atoms with E-state index in [1.54, 1.807) is 6.92 Å². The Labute approximate surface area is 61.9 Å². The van der Waals surface area contributed by atoms with Crippen molar-refractivity contribution in [3.63, 3.8) is 0 Å². The Kier molecular flexibility index (Phi) is 1.13. The van der Waals surface area contributed by atoms with Gasteiger partial charge in [-0.2, -0.15) is 0 Å². The number of rotatable bonds is 1. The van der Waals surface area contributed by atoms with Crippen molar-refractivity contribution in [2.45, 2.75) is 6.92 Å². The molecule has 0 aromatic heterocycles. The van der Waals surface area contributed by atoms with Gasteiger partial charge in [0.15, 0.2) is 0 Å². The predicted octanol–water partition coefficient (Wildman–Crippen LogP) is 1.69. The number of carboxylic acid groups (broad SMARTS) is 1. The average Bonchev–Trinajstić information content (AvgIpc) is 1.82. The first kappa shape index (κ1) is 4.50. The molecule has 52 valence electrons. The van der Waals surface area contributed by atoms with Gasteiger partial charge in [-0.05, 0) is 19.0 Å². The minimum Gasteiger partial charge on any atom is -0.478 e. The zero-order valence-electron chi connectivity index (χ0n) is 7.51. The molecule has 2 heteroatoms. The molecule has 0 unspecified atom stereocenters. The minimum absolute atomic E-state index is 0.104. The summed E-state index contributed by atoms with van der Waals surface area (Å²) in [6.07, 6.45) is 0. The van der Waals surface area contributed by atoms with E-state index in [9.17, 15) is 4.79 Å². The van der Waals surface area contributed by atoms with Crippen molar-refractivity contribution < 1.29 is 12.6 Å². The fraction of sp³-hybridized carbons (Fsp3) is 0.125. The standard InChI is InChI=1S/C8H8O2/c1-6-2-4-7(5-3-6)8(9)10/h2-5H,1H3,(H,9,10)/i4D,5D. The van der Waals surface area contributed by atoms with E-state index < -0.39 is 5.97 Å². The lowest BCUT2D eigenvalue weighted by molar-refractivity contribution is 0.0697. The lowest BCUT2D eigenvalue weighted by Gasteiger charge is -1.92. The molecule has 1 N–H and O–H groups in total. The van der Waals surface area contributed by atoms with Gasteiger partial charge in [0, 0.05) is 0 Å². The summed E-state index contributed by atoms with van der Waals surface area (Å²) in [6.45, 7) is 1.72. The number of carboxylic acids is 1. The highest BCUT2D eigenvalue weighted by atomic mass is 16.4. The molecule has 0 saturated heterocycles. The molecule has 0 atom stereocenters. The Morgan fingerprint density at radius 3 is 2.50 bits per heavy atom. The molecule has 2 nitrogen and oxygen atoms in total. The van der Waals surface area contributed by atoms with Gasteiger partial charge >= 0.3 is 5.97 Å². The number of benzene rings is 1. The van der Waals surface area contributed by atoms with Crippen molar-refractivity contribution in [3.8, 4) is 0 Å². The lowest BCUT2D eigenvalue weighted by atomic mass is 10.2. The molecule has 0 radical (unpaired) electrons. The Morgan fingerprint density at radius 1 is 1.60 bits per heavy atom. The summed E-state index contributed by atoms with van der Waals surface area (Å²) >= 11 is 0. The number of hydrogen-bond acceptors (Lipinski definition) is 1. The van der Waals surface area contributed by atoms with Gasteiger partial charge in [0.1, 0.15) is 0 Å². The fourth-order valence-electron chi connectivity index (χ4n) is 0.579. The predicted molar refractivity (Wildman–Crippen MR) is 38.1 cm³/mol. The smallest absolute Gasteiger partial charge is 0.335 e. The molecule has 1 aromatic rings. The van der Waals surface area contributed by atoms with E-state index in [0.717, 1.165) is 5.56 Å².